The third-order valence-corrected chi connectivity index (χ3v) is 3.30. The minimum absolute atomic E-state index is 0.0417. The molecule has 0 spiro atoms. The van der Waals surface area contributed by atoms with Crippen LogP contribution in [0.25, 0.3) is 0 Å². The zero-order valence-corrected chi connectivity index (χ0v) is 11.1. The summed E-state index contributed by atoms with van der Waals surface area (Å²) in [6.45, 7) is 2.31. The van der Waals surface area contributed by atoms with Crippen LogP contribution >= 0.6 is 23.2 Å². The third kappa shape index (κ3) is 2.83. The lowest BCUT2D eigenvalue weighted by Gasteiger charge is -2.16. The first kappa shape index (κ1) is 13.3. The van der Waals surface area contributed by atoms with Gasteiger partial charge in [-0.15, -0.1) is 0 Å². The van der Waals surface area contributed by atoms with Crippen LogP contribution in [0.5, 0.6) is 0 Å². The van der Waals surface area contributed by atoms with Crippen LogP contribution in [-0.4, -0.2) is 5.16 Å². The molecular weight excluding hydrogens is 278 g/mol. The first-order chi connectivity index (χ1) is 8.59. The van der Waals surface area contributed by atoms with Gasteiger partial charge in [0.05, 0.1) is 17.8 Å². The van der Waals surface area contributed by atoms with Crippen LogP contribution in [0.2, 0.25) is 10.0 Å². The van der Waals surface area contributed by atoms with E-state index < -0.39 is 5.82 Å². The van der Waals surface area contributed by atoms with Gasteiger partial charge in [0.1, 0.15) is 11.6 Å². The number of aromatic nitrogens is 1. The molecule has 0 aliphatic rings. The van der Waals surface area contributed by atoms with E-state index in [1.165, 1.54) is 12.1 Å². The maximum absolute atomic E-state index is 13.4. The lowest BCUT2D eigenvalue weighted by atomic mass is 10.1. The van der Waals surface area contributed by atoms with Crippen LogP contribution in [0.3, 0.4) is 0 Å². The Bertz CT molecular complexity index is 531. The number of nitrogens with zero attached hydrogens (tertiary/aromatic N) is 1. The van der Waals surface area contributed by atoms with Crippen molar-refractivity contribution in [2.45, 2.75) is 19.5 Å². The van der Waals surface area contributed by atoms with Crippen molar-refractivity contribution in [2.24, 2.45) is 0 Å². The van der Waals surface area contributed by atoms with Gasteiger partial charge >= 0.3 is 0 Å². The third-order valence-electron chi connectivity index (χ3n) is 2.59. The number of rotatable bonds is 4. The largest absolute Gasteiger partial charge is 0.360 e. The second-order valence-electron chi connectivity index (χ2n) is 3.84. The van der Waals surface area contributed by atoms with Crippen molar-refractivity contribution in [1.82, 2.24) is 10.5 Å². The standard InChI is InChI=1S/C12H11Cl2FN2O/c1-7(16-6-8-4-5-17-18-8)11-9(13)2-3-10(15)12(11)14/h2-5,7,16H,6H2,1H3. The first-order valence-corrected chi connectivity index (χ1v) is 6.11. The van der Waals surface area contributed by atoms with E-state index in [9.17, 15) is 4.39 Å². The highest BCUT2D eigenvalue weighted by Crippen LogP contribution is 2.32. The van der Waals surface area contributed by atoms with Crippen LogP contribution in [0.1, 0.15) is 24.3 Å². The second-order valence-corrected chi connectivity index (χ2v) is 4.62. The van der Waals surface area contributed by atoms with Gasteiger partial charge in [0.15, 0.2) is 0 Å². The van der Waals surface area contributed by atoms with E-state index >= 15 is 0 Å². The molecule has 0 saturated carbocycles. The smallest absolute Gasteiger partial charge is 0.150 e. The SMILES string of the molecule is CC(NCc1ccno1)c1c(Cl)ccc(F)c1Cl. The molecular formula is C12H11Cl2FN2O. The molecule has 3 nitrogen and oxygen atoms in total. The van der Waals surface area contributed by atoms with Gasteiger partial charge in [-0.3, -0.25) is 0 Å². The van der Waals surface area contributed by atoms with Crippen molar-refractivity contribution in [3.63, 3.8) is 0 Å². The van der Waals surface area contributed by atoms with Crippen molar-refractivity contribution in [1.29, 1.82) is 0 Å². The molecule has 0 saturated heterocycles. The molecule has 0 aliphatic carbocycles. The topological polar surface area (TPSA) is 38.1 Å². The fraction of sp³-hybridized carbons (Fsp3) is 0.250. The highest BCUT2D eigenvalue weighted by atomic mass is 35.5. The van der Waals surface area contributed by atoms with Crippen LogP contribution < -0.4 is 5.32 Å². The molecule has 1 unspecified atom stereocenters. The van der Waals surface area contributed by atoms with Crippen molar-refractivity contribution in [3.05, 3.63) is 51.6 Å². The summed E-state index contributed by atoms with van der Waals surface area (Å²) in [5.41, 5.74) is 0.540. The van der Waals surface area contributed by atoms with Crippen molar-refractivity contribution in [3.8, 4) is 0 Å². The quantitative estimate of drug-likeness (QED) is 0.865. The Balaban J connectivity index is 2.13. The molecule has 1 atom stereocenters. The molecule has 96 valence electrons. The minimum Gasteiger partial charge on any atom is -0.360 e. The number of hydrogen-bond donors (Lipinski definition) is 1. The summed E-state index contributed by atoms with van der Waals surface area (Å²) >= 11 is 11.9. The molecule has 6 heteroatoms. The zero-order valence-electron chi connectivity index (χ0n) is 9.58. The molecule has 1 heterocycles. The van der Waals surface area contributed by atoms with Crippen molar-refractivity contribution >= 4 is 23.2 Å². The van der Waals surface area contributed by atoms with Crippen LogP contribution in [0.4, 0.5) is 4.39 Å². The summed E-state index contributed by atoms with van der Waals surface area (Å²) in [7, 11) is 0. The molecule has 2 aromatic rings. The average Bonchev–Trinajstić information content (AvgIpc) is 2.85. The summed E-state index contributed by atoms with van der Waals surface area (Å²) in [6.07, 6.45) is 1.56. The van der Waals surface area contributed by atoms with E-state index in [2.05, 4.69) is 10.5 Å². The van der Waals surface area contributed by atoms with E-state index in [4.69, 9.17) is 27.7 Å². The Morgan fingerprint density at radius 1 is 1.39 bits per heavy atom. The molecule has 0 aliphatic heterocycles. The van der Waals surface area contributed by atoms with Crippen molar-refractivity contribution < 1.29 is 8.91 Å². The Morgan fingerprint density at radius 3 is 2.83 bits per heavy atom. The molecule has 18 heavy (non-hydrogen) atoms. The van der Waals surface area contributed by atoms with Gasteiger partial charge in [-0.25, -0.2) is 4.39 Å². The molecule has 2 rings (SSSR count). The predicted octanol–water partition coefficient (Wildman–Crippen LogP) is 3.97. The van der Waals surface area contributed by atoms with Gasteiger partial charge in [-0.05, 0) is 19.1 Å². The molecule has 0 amide bonds. The number of hydrogen-bond acceptors (Lipinski definition) is 3. The predicted molar refractivity (Wildman–Crippen MR) is 68.2 cm³/mol. The van der Waals surface area contributed by atoms with Crippen LogP contribution in [0, 0.1) is 5.82 Å². The maximum Gasteiger partial charge on any atom is 0.150 e. The van der Waals surface area contributed by atoms with E-state index in [-0.39, 0.29) is 11.1 Å². The van der Waals surface area contributed by atoms with E-state index in [0.717, 1.165) is 0 Å². The summed E-state index contributed by atoms with van der Waals surface area (Å²) in [5.74, 6) is 0.204. The molecule has 1 aromatic carbocycles. The van der Waals surface area contributed by atoms with Crippen LogP contribution in [0.15, 0.2) is 28.9 Å². The lowest BCUT2D eigenvalue weighted by molar-refractivity contribution is 0.366. The fourth-order valence-corrected chi connectivity index (χ4v) is 2.33. The number of nitrogens with one attached hydrogen (secondary N) is 1. The number of benzene rings is 1. The molecule has 0 radical (unpaired) electrons. The van der Waals surface area contributed by atoms with Gasteiger partial charge < -0.3 is 9.84 Å². The van der Waals surface area contributed by atoms with E-state index in [1.54, 1.807) is 12.3 Å². The molecule has 1 N–H and O–H groups in total. The molecule has 0 fully saturated rings. The zero-order chi connectivity index (χ0) is 13.1. The first-order valence-electron chi connectivity index (χ1n) is 5.36. The highest BCUT2D eigenvalue weighted by molar-refractivity contribution is 6.36. The molecule has 1 aromatic heterocycles. The summed E-state index contributed by atoms with van der Waals surface area (Å²) in [6, 6.07) is 4.28. The second kappa shape index (κ2) is 5.69. The van der Waals surface area contributed by atoms with Gasteiger partial charge in [-0.1, -0.05) is 28.4 Å². The Hall–Kier alpha value is -1.10. The minimum atomic E-state index is -0.482. The number of halogens is 3. The monoisotopic (exact) mass is 288 g/mol. The van der Waals surface area contributed by atoms with Gasteiger partial charge in [-0.2, -0.15) is 0 Å². The van der Waals surface area contributed by atoms with Gasteiger partial charge in [0, 0.05) is 22.7 Å². The summed E-state index contributed by atoms with van der Waals surface area (Å²) in [5, 5.41) is 7.21. The summed E-state index contributed by atoms with van der Waals surface area (Å²) in [4.78, 5) is 0. The Morgan fingerprint density at radius 2 is 2.17 bits per heavy atom. The maximum atomic E-state index is 13.4. The van der Waals surface area contributed by atoms with Crippen molar-refractivity contribution in [2.75, 3.05) is 0 Å². The Labute approximate surface area is 114 Å². The van der Waals surface area contributed by atoms with E-state index in [1.807, 2.05) is 6.92 Å². The lowest BCUT2D eigenvalue weighted by Crippen LogP contribution is -2.18. The molecule has 0 bridgehead atoms. The highest BCUT2D eigenvalue weighted by Gasteiger charge is 2.17. The normalized spacial score (nSPS) is 12.7. The average molecular weight is 289 g/mol. The van der Waals surface area contributed by atoms with E-state index in [0.29, 0.717) is 22.9 Å². The van der Waals surface area contributed by atoms with Gasteiger partial charge in [0.2, 0.25) is 0 Å². The fourth-order valence-electron chi connectivity index (χ4n) is 1.63. The Kier molecular flexibility index (Phi) is 4.22. The summed E-state index contributed by atoms with van der Waals surface area (Å²) < 4.78 is 18.3. The van der Waals surface area contributed by atoms with Gasteiger partial charge in [0.25, 0.3) is 0 Å². The van der Waals surface area contributed by atoms with Crippen LogP contribution in [-0.2, 0) is 6.54 Å².